The lowest BCUT2D eigenvalue weighted by Gasteiger charge is -2.34. The van der Waals surface area contributed by atoms with E-state index in [1.807, 2.05) is 0 Å². The smallest absolute Gasteiger partial charge is 0.347 e. The van der Waals surface area contributed by atoms with Crippen molar-refractivity contribution in [2.45, 2.75) is 36.9 Å². The third-order valence-electron chi connectivity index (χ3n) is 7.02. The number of ether oxygens (including phenoxy) is 4. The molecule has 0 heterocycles. The van der Waals surface area contributed by atoms with Crippen LogP contribution in [0.15, 0.2) is 36.4 Å². The number of benzene rings is 2. The predicted molar refractivity (Wildman–Crippen MR) is 150 cm³/mol. The van der Waals surface area contributed by atoms with E-state index in [4.69, 9.17) is 0 Å². The highest BCUT2D eigenvalue weighted by Crippen LogP contribution is 2.30. The summed E-state index contributed by atoms with van der Waals surface area (Å²) in [5, 5.41) is 41.4. The van der Waals surface area contributed by atoms with Gasteiger partial charge in [-0.25, -0.2) is 28.8 Å². The number of carbonyl (C=O) groups is 8. The summed E-state index contributed by atoms with van der Waals surface area (Å²) < 4.78 is 18.4. The van der Waals surface area contributed by atoms with Crippen LogP contribution in [0.2, 0.25) is 0 Å². The maximum atomic E-state index is 13.1. The van der Waals surface area contributed by atoms with Gasteiger partial charge in [0.15, 0.2) is 11.6 Å². The molecule has 0 aliphatic carbocycles. The van der Waals surface area contributed by atoms with Gasteiger partial charge in [0.05, 0.1) is 50.7 Å². The van der Waals surface area contributed by atoms with E-state index in [0.717, 1.165) is 52.7 Å². The number of carboxylic acids is 2. The van der Waals surface area contributed by atoms with Crippen molar-refractivity contribution >= 4 is 47.4 Å². The van der Waals surface area contributed by atoms with Gasteiger partial charge in [0, 0.05) is 12.8 Å². The first kappa shape index (κ1) is 36.7. The number of aryl methyl sites for hydroxylation is 2. The number of esters is 4. The van der Waals surface area contributed by atoms with E-state index >= 15 is 0 Å². The molecule has 0 aromatic heterocycles. The standard InChI is InChI=1S/C30H30O16/c1-43-23(33)17-9-5-15(13-19(17)25(35)45-3)7-11-21(31)29(41,27(37)38)30(42,28(39)40)22(32)12-8-16-6-10-18(24(34)44-2)20(14-16)26(36)46-4/h5-6,9-10,13-14,41-42H,7-8,11-12H2,1-4H3,(H,37,38)(H,39,40)/t29-,30-/m0/s1. The molecule has 0 saturated carbocycles. The van der Waals surface area contributed by atoms with E-state index in [1.54, 1.807) is 0 Å². The minimum Gasteiger partial charge on any atom is -0.479 e. The van der Waals surface area contributed by atoms with Gasteiger partial charge in [-0.15, -0.1) is 0 Å². The minimum atomic E-state index is -4.18. The van der Waals surface area contributed by atoms with Gasteiger partial charge in [-0.05, 0) is 48.2 Å². The number of methoxy groups -OCH3 is 4. The summed E-state index contributed by atoms with van der Waals surface area (Å²) in [7, 11) is 4.19. The lowest BCUT2D eigenvalue weighted by atomic mass is 9.74. The molecule has 0 bridgehead atoms. The zero-order valence-corrected chi connectivity index (χ0v) is 25.0. The summed E-state index contributed by atoms with van der Waals surface area (Å²) in [5.41, 5.74) is -9.07. The molecule has 16 nitrogen and oxygen atoms in total. The zero-order chi connectivity index (χ0) is 35.0. The molecule has 0 aliphatic rings. The molecular weight excluding hydrogens is 616 g/mol. The quantitative estimate of drug-likeness (QED) is 0.114. The van der Waals surface area contributed by atoms with Gasteiger partial charge in [0.2, 0.25) is 0 Å². The highest BCUT2D eigenvalue weighted by atomic mass is 16.5. The fourth-order valence-electron chi connectivity index (χ4n) is 4.46. The number of hydrogen-bond acceptors (Lipinski definition) is 14. The first-order valence-electron chi connectivity index (χ1n) is 13.1. The van der Waals surface area contributed by atoms with Crippen LogP contribution in [0.3, 0.4) is 0 Å². The second kappa shape index (κ2) is 15.0. The van der Waals surface area contributed by atoms with Crippen molar-refractivity contribution in [3.63, 3.8) is 0 Å². The number of ketones is 2. The third-order valence-corrected chi connectivity index (χ3v) is 7.02. The molecule has 0 aliphatic heterocycles. The highest BCUT2D eigenvalue weighted by Gasteiger charge is 2.68. The van der Waals surface area contributed by atoms with Crippen molar-refractivity contribution in [3.05, 3.63) is 69.8 Å². The summed E-state index contributed by atoms with van der Waals surface area (Å²) in [6.07, 6.45) is -2.82. The van der Waals surface area contributed by atoms with Gasteiger partial charge in [-0.3, -0.25) is 9.59 Å². The van der Waals surface area contributed by atoms with E-state index in [1.165, 1.54) is 12.1 Å². The Balaban J connectivity index is 2.41. The van der Waals surface area contributed by atoms with Crippen molar-refractivity contribution in [1.82, 2.24) is 0 Å². The average molecular weight is 647 g/mol. The number of carbonyl (C=O) groups excluding carboxylic acids is 6. The van der Waals surface area contributed by atoms with Gasteiger partial charge in [0.25, 0.3) is 11.2 Å². The molecule has 16 heteroatoms. The lowest BCUT2D eigenvalue weighted by Crippen LogP contribution is -2.71. The Bertz CT molecular complexity index is 1470. The topological polar surface area (TPSA) is 254 Å². The fourth-order valence-corrected chi connectivity index (χ4v) is 4.46. The third kappa shape index (κ3) is 7.08. The molecule has 0 spiro atoms. The summed E-state index contributed by atoms with van der Waals surface area (Å²) in [4.78, 5) is 98.9. The Morgan fingerprint density at radius 3 is 1.07 bits per heavy atom. The normalized spacial score (nSPS) is 13.3. The minimum absolute atomic E-state index is 0.121. The van der Waals surface area contributed by atoms with Crippen LogP contribution in [0.25, 0.3) is 0 Å². The van der Waals surface area contributed by atoms with Gasteiger partial charge in [0.1, 0.15) is 0 Å². The molecule has 0 radical (unpaired) electrons. The number of Topliss-reactive ketones (excluding diaryl/α,β-unsaturated/α-hetero) is 2. The van der Waals surface area contributed by atoms with Crippen molar-refractivity contribution in [1.29, 1.82) is 0 Å². The molecule has 2 rings (SSSR count). The fraction of sp³-hybridized carbons (Fsp3) is 0.333. The van der Waals surface area contributed by atoms with Crippen LogP contribution in [0.1, 0.15) is 65.4 Å². The molecule has 4 N–H and O–H groups in total. The largest absolute Gasteiger partial charge is 0.479 e. The van der Waals surface area contributed by atoms with Gasteiger partial charge < -0.3 is 39.4 Å². The van der Waals surface area contributed by atoms with Crippen LogP contribution >= 0.6 is 0 Å². The summed E-state index contributed by atoms with van der Waals surface area (Å²) >= 11 is 0. The number of carboxylic acid groups (broad SMARTS) is 2. The maximum Gasteiger partial charge on any atom is 0.347 e. The molecule has 0 saturated heterocycles. The molecule has 46 heavy (non-hydrogen) atoms. The van der Waals surface area contributed by atoms with Crippen LogP contribution in [-0.2, 0) is 51.0 Å². The van der Waals surface area contributed by atoms with Crippen molar-refractivity contribution in [2.24, 2.45) is 0 Å². The molecule has 0 amide bonds. The SMILES string of the molecule is COC(=O)c1ccc(CCC(=O)[C@](O)(C(=O)O)[C@@](O)(C(=O)O)C(=O)CCc2ccc(C(=O)OC)c(C(=O)OC)c2)cc1C(=O)OC. The number of hydrogen-bond donors (Lipinski definition) is 4. The van der Waals surface area contributed by atoms with Crippen LogP contribution in [0.5, 0.6) is 0 Å². The maximum absolute atomic E-state index is 13.1. The molecule has 0 fully saturated rings. The summed E-state index contributed by atoms with van der Waals surface area (Å²) in [6.45, 7) is 0. The Kier molecular flexibility index (Phi) is 12.0. The molecule has 2 aromatic rings. The molecular formula is C30H30O16. The Hall–Kier alpha value is -5.48. The van der Waals surface area contributed by atoms with E-state index in [9.17, 15) is 58.8 Å². The number of aliphatic hydroxyl groups is 2. The van der Waals surface area contributed by atoms with Crippen molar-refractivity contribution in [2.75, 3.05) is 28.4 Å². The van der Waals surface area contributed by atoms with E-state index in [0.29, 0.717) is 0 Å². The molecule has 0 unspecified atom stereocenters. The predicted octanol–water partition coefficient (Wildman–Crippen LogP) is 0.168. The second-order valence-corrected chi connectivity index (χ2v) is 9.60. The average Bonchev–Trinajstić information content (AvgIpc) is 3.06. The van der Waals surface area contributed by atoms with E-state index in [2.05, 4.69) is 18.9 Å². The van der Waals surface area contributed by atoms with Crippen LogP contribution in [0, 0.1) is 0 Å². The van der Waals surface area contributed by atoms with Crippen LogP contribution < -0.4 is 0 Å². The second-order valence-electron chi connectivity index (χ2n) is 9.60. The highest BCUT2D eigenvalue weighted by molar-refractivity contribution is 6.21. The van der Waals surface area contributed by atoms with Crippen LogP contribution in [-0.4, -0.2) is 107 Å². The van der Waals surface area contributed by atoms with E-state index < -0.39 is 84.3 Å². The van der Waals surface area contributed by atoms with Gasteiger partial charge in [-0.2, -0.15) is 0 Å². The van der Waals surface area contributed by atoms with Crippen molar-refractivity contribution < 1.29 is 77.7 Å². The Labute approximate surface area is 260 Å². The van der Waals surface area contributed by atoms with Crippen molar-refractivity contribution in [3.8, 4) is 0 Å². The summed E-state index contributed by atoms with van der Waals surface area (Å²) in [6, 6.07) is 7.06. The first-order valence-corrected chi connectivity index (χ1v) is 13.1. The monoisotopic (exact) mass is 646 g/mol. The van der Waals surface area contributed by atoms with Gasteiger partial charge in [-0.1, -0.05) is 12.1 Å². The van der Waals surface area contributed by atoms with Crippen LogP contribution in [0.4, 0.5) is 0 Å². The Morgan fingerprint density at radius 2 is 0.804 bits per heavy atom. The zero-order valence-electron chi connectivity index (χ0n) is 25.0. The summed E-state index contributed by atoms with van der Waals surface area (Å²) in [5.74, 6) is -12.3. The van der Waals surface area contributed by atoms with Gasteiger partial charge >= 0.3 is 35.8 Å². The molecule has 246 valence electrons. The molecule has 2 atom stereocenters. The first-order chi connectivity index (χ1) is 21.5. The Morgan fingerprint density at radius 1 is 0.522 bits per heavy atom. The lowest BCUT2D eigenvalue weighted by molar-refractivity contribution is -0.207. The van der Waals surface area contributed by atoms with E-state index in [-0.39, 0.29) is 33.4 Å². The molecule has 2 aromatic carbocycles. The number of aliphatic carboxylic acids is 2. The number of rotatable bonds is 15.